The zero-order valence-corrected chi connectivity index (χ0v) is 13.6. The van der Waals surface area contributed by atoms with Gasteiger partial charge < -0.3 is 5.73 Å². The molecule has 1 aromatic carbocycles. The van der Waals surface area contributed by atoms with Gasteiger partial charge in [-0.15, -0.1) is 0 Å². The van der Waals surface area contributed by atoms with Gasteiger partial charge in [-0.1, -0.05) is 23.7 Å². The van der Waals surface area contributed by atoms with Crippen molar-refractivity contribution in [3.05, 3.63) is 35.1 Å². The van der Waals surface area contributed by atoms with Gasteiger partial charge in [0.2, 0.25) is 0 Å². The average molecular weight is 382 g/mol. The van der Waals surface area contributed by atoms with E-state index in [2.05, 4.69) is 4.98 Å². The van der Waals surface area contributed by atoms with Crippen LogP contribution in [0.5, 0.6) is 0 Å². The van der Waals surface area contributed by atoms with Gasteiger partial charge in [0, 0.05) is 22.7 Å². The first-order valence-corrected chi connectivity index (χ1v) is 12.0. The quantitative estimate of drug-likeness (QED) is 0.428. The van der Waals surface area contributed by atoms with Crippen LogP contribution in [0, 0.1) is 6.92 Å². The molecule has 2 nitrogen and oxygen atoms in total. The molecular formula is C10H9Cl3N2Sn. The molecule has 0 unspecified atom stereocenters. The number of aromatic nitrogens is 1. The van der Waals surface area contributed by atoms with E-state index in [0.717, 1.165) is 22.0 Å². The molecule has 2 radical (unpaired) electrons. The van der Waals surface area contributed by atoms with Crippen molar-refractivity contribution in [1.29, 1.82) is 0 Å². The molecule has 0 aliphatic carbocycles. The number of aryl methyl sites for hydroxylation is 1. The summed E-state index contributed by atoms with van der Waals surface area (Å²) in [6.45, 7) is 1.98. The molecule has 0 saturated heterocycles. The van der Waals surface area contributed by atoms with Crippen LogP contribution in [0.15, 0.2) is 24.4 Å². The van der Waals surface area contributed by atoms with Crippen LogP contribution in [0.3, 0.4) is 0 Å². The van der Waals surface area contributed by atoms with Crippen molar-refractivity contribution in [2.45, 2.75) is 6.92 Å². The number of nitrogen functional groups attached to an aromatic ring is 1. The summed E-state index contributed by atoms with van der Waals surface area (Å²) in [5.41, 5.74) is 7.74. The van der Waals surface area contributed by atoms with Crippen LogP contribution in [-0.4, -0.2) is 23.9 Å². The fraction of sp³-hybridized carbons (Fsp3) is 0.100. The molecule has 0 saturated carbocycles. The van der Waals surface area contributed by atoms with E-state index in [4.69, 9.17) is 35.2 Å². The summed E-state index contributed by atoms with van der Waals surface area (Å²) in [5.74, 6) is 0. The first-order chi connectivity index (χ1) is 7.61. The zero-order valence-electron chi connectivity index (χ0n) is 8.47. The molecule has 6 heteroatoms. The second kappa shape index (κ2) is 6.74. The fourth-order valence-corrected chi connectivity index (χ4v) is 1.57. The first kappa shape index (κ1) is 14.2. The summed E-state index contributed by atoms with van der Waals surface area (Å²) < 4.78 is 0. The van der Waals surface area contributed by atoms with Crippen LogP contribution in [0.2, 0.25) is 5.15 Å². The third kappa shape index (κ3) is 3.29. The first-order valence-electron chi connectivity index (χ1n) is 4.37. The summed E-state index contributed by atoms with van der Waals surface area (Å²) in [5, 5.41) is 2.39. The van der Waals surface area contributed by atoms with E-state index in [1.165, 1.54) is 0 Å². The number of nitrogens with zero attached hydrogens (tertiary/aromatic N) is 1. The van der Waals surface area contributed by atoms with E-state index in [9.17, 15) is 0 Å². The minimum atomic E-state index is -0.826. The van der Waals surface area contributed by atoms with Gasteiger partial charge >= 0.3 is 36.7 Å². The third-order valence-electron chi connectivity index (χ3n) is 2.16. The summed E-state index contributed by atoms with van der Waals surface area (Å²) in [6.07, 6.45) is 1.67. The summed E-state index contributed by atoms with van der Waals surface area (Å²) in [7, 11) is 9.87. The molecule has 0 aliphatic heterocycles. The minimum absolute atomic E-state index is 0.504. The molecule has 0 fully saturated rings. The van der Waals surface area contributed by atoms with Crippen molar-refractivity contribution in [3.8, 4) is 0 Å². The fourth-order valence-electron chi connectivity index (χ4n) is 1.35. The number of anilines is 1. The second-order valence-corrected chi connectivity index (χ2v) is 7.66. The Balaban J connectivity index is 0.000000386. The number of hydrogen-bond donors (Lipinski definition) is 1. The van der Waals surface area contributed by atoms with E-state index < -0.39 is 18.9 Å². The van der Waals surface area contributed by atoms with Crippen LogP contribution >= 0.6 is 29.4 Å². The molecule has 84 valence electrons. The number of fused-ring (bicyclic) bond motifs is 1. The van der Waals surface area contributed by atoms with E-state index in [1.807, 2.05) is 25.1 Å². The Morgan fingerprint density at radius 3 is 2.44 bits per heavy atom. The van der Waals surface area contributed by atoms with Gasteiger partial charge in [0.15, 0.2) is 0 Å². The van der Waals surface area contributed by atoms with Crippen LogP contribution in [0.25, 0.3) is 10.8 Å². The topological polar surface area (TPSA) is 38.9 Å². The predicted octanol–water partition coefficient (Wildman–Crippen LogP) is 3.78. The molecule has 0 bridgehead atoms. The van der Waals surface area contributed by atoms with Gasteiger partial charge in [0.1, 0.15) is 5.15 Å². The van der Waals surface area contributed by atoms with Crippen LogP contribution in [-0.2, 0) is 0 Å². The molecule has 0 amide bonds. The Bertz CT molecular complexity index is 491. The molecule has 1 aromatic heterocycles. The Hall–Kier alpha value is 0.0987. The number of rotatable bonds is 0. The number of halogens is 3. The van der Waals surface area contributed by atoms with Crippen LogP contribution < -0.4 is 5.73 Å². The molecule has 2 aromatic rings. The Morgan fingerprint density at radius 2 is 1.81 bits per heavy atom. The van der Waals surface area contributed by atoms with Crippen molar-refractivity contribution in [2.75, 3.05) is 5.73 Å². The van der Waals surface area contributed by atoms with E-state index >= 15 is 0 Å². The average Bonchev–Trinajstić information content (AvgIpc) is 2.25. The van der Waals surface area contributed by atoms with Gasteiger partial charge in [-0.25, -0.2) is 4.98 Å². The number of benzene rings is 1. The zero-order chi connectivity index (χ0) is 12.1. The number of hydrogen-bond acceptors (Lipinski definition) is 2. The summed E-state index contributed by atoms with van der Waals surface area (Å²) in [6, 6.07) is 5.77. The van der Waals surface area contributed by atoms with E-state index in [-0.39, 0.29) is 0 Å². The molecule has 0 atom stereocenters. The predicted molar refractivity (Wildman–Crippen MR) is 73.4 cm³/mol. The standard InChI is InChI=1S/C10H9ClN2.2ClH.Sn/c1-6-2-3-8-7(9(6)12)4-5-13-10(8)11;;;/h2-5H,12H2,1H3;2*1H;/q;;;+2/p-2. The van der Waals surface area contributed by atoms with E-state index in [1.54, 1.807) is 6.20 Å². The van der Waals surface area contributed by atoms with E-state index in [0.29, 0.717) is 5.15 Å². The van der Waals surface area contributed by atoms with Crippen LogP contribution in [0.4, 0.5) is 5.69 Å². The number of nitrogens with two attached hydrogens (primary N) is 1. The van der Waals surface area contributed by atoms with Gasteiger partial charge in [0.05, 0.1) is 0 Å². The number of pyridine rings is 1. The molecule has 2 N–H and O–H groups in total. The Morgan fingerprint density at radius 1 is 1.19 bits per heavy atom. The van der Waals surface area contributed by atoms with Gasteiger partial charge in [0.25, 0.3) is 0 Å². The Labute approximate surface area is 117 Å². The summed E-state index contributed by atoms with van der Waals surface area (Å²) in [4.78, 5) is 3.99. The van der Waals surface area contributed by atoms with Crippen molar-refractivity contribution in [3.63, 3.8) is 0 Å². The molecule has 2 rings (SSSR count). The molecule has 0 spiro atoms. The second-order valence-electron chi connectivity index (χ2n) is 3.06. The molecular weight excluding hydrogens is 373 g/mol. The normalized spacial score (nSPS) is 9.75. The van der Waals surface area contributed by atoms with Gasteiger partial charge in [-0.2, -0.15) is 0 Å². The maximum absolute atomic E-state index is 5.91. The van der Waals surface area contributed by atoms with Crippen molar-refractivity contribution in [2.24, 2.45) is 0 Å². The Kier molecular flexibility index (Phi) is 5.97. The monoisotopic (exact) mass is 382 g/mol. The summed E-state index contributed by atoms with van der Waals surface area (Å²) >= 11 is 5.09. The third-order valence-corrected chi connectivity index (χ3v) is 2.46. The van der Waals surface area contributed by atoms with Crippen molar-refractivity contribution in [1.82, 2.24) is 4.98 Å². The van der Waals surface area contributed by atoms with Gasteiger partial charge in [-0.3, -0.25) is 0 Å². The molecule has 16 heavy (non-hydrogen) atoms. The maximum atomic E-state index is 5.91. The van der Waals surface area contributed by atoms with Gasteiger partial charge in [-0.05, 0) is 18.6 Å². The molecule has 0 aliphatic rings. The molecule has 1 heterocycles. The van der Waals surface area contributed by atoms with Crippen molar-refractivity contribution >= 4 is 64.8 Å². The van der Waals surface area contributed by atoms with Crippen LogP contribution in [0.1, 0.15) is 5.56 Å². The van der Waals surface area contributed by atoms with Crippen molar-refractivity contribution < 1.29 is 0 Å². The SMILES string of the molecule is Cc1ccc2c(Cl)nccc2c1N.[Cl][Sn][Cl].